The summed E-state index contributed by atoms with van der Waals surface area (Å²) in [5, 5.41) is 6.88. The highest BCUT2D eigenvalue weighted by atomic mass is 32.1. The highest BCUT2D eigenvalue weighted by molar-refractivity contribution is 7.17. The Morgan fingerprint density at radius 2 is 2.00 bits per heavy atom. The molecule has 1 aliphatic heterocycles. The number of amides is 1. The molecule has 2 heterocycles. The molecule has 0 saturated carbocycles. The van der Waals surface area contributed by atoms with E-state index in [1.54, 1.807) is 17.4 Å². The van der Waals surface area contributed by atoms with Gasteiger partial charge in [-0.1, -0.05) is 12.1 Å². The van der Waals surface area contributed by atoms with Crippen LogP contribution in [0, 0.1) is 0 Å². The van der Waals surface area contributed by atoms with Crippen LogP contribution in [0.15, 0.2) is 53.9 Å². The number of primary amides is 1. The molecular formula is C21H23N3OS. The van der Waals surface area contributed by atoms with E-state index in [-0.39, 0.29) is 5.91 Å². The van der Waals surface area contributed by atoms with Crippen molar-refractivity contribution in [2.24, 2.45) is 5.73 Å². The molecule has 0 bridgehead atoms. The molecule has 4 rings (SSSR count). The van der Waals surface area contributed by atoms with Gasteiger partial charge in [0.15, 0.2) is 0 Å². The van der Waals surface area contributed by atoms with Gasteiger partial charge >= 0.3 is 0 Å². The summed E-state index contributed by atoms with van der Waals surface area (Å²) in [6.07, 6.45) is 2.24. The number of carbonyl (C=O) groups excluding carboxylic acids is 1. The number of rotatable bonds is 5. The first-order chi connectivity index (χ1) is 12.7. The van der Waals surface area contributed by atoms with Gasteiger partial charge in [-0.2, -0.15) is 0 Å². The predicted octanol–water partition coefficient (Wildman–Crippen LogP) is 3.76. The van der Waals surface area contributed by atoms with Crippen molar-refractivity contribution in [2.75, 3.05) is 18.0 Å². The van der Waals surface area contributed by atoms with Crippen LogP contribution in [-0.2, 0) is 6.54 Å². The summed E-state index contributed by atoms with van der Waals surface area (Å²) in [5.74, 6) is -0.375. The fourth-order valence-corrected chi connectivity index (χ4v) is 4.47. The van der Waals surface area contributed by atoms with Crippen molar-refractivity contribution in [1.82, 2.24) is 5.32 Å². The van der Waals surface area contributed by atoms with Crippen LogP contribution in [0.1, 0.15) is 28.8 Å². The molecule has 3 N–H and O–H groups in total. The molecule has 2 aromatic carbocycles. The van der Waals surface area contributed by atoms with Crippen LogP contribution in [0.25, 0.3) is 10.1 Å². The molecule has 0 radical (unpaired) electrons. The first-order valence-electron chi connectivity index (χ1n) is 9.04. The monoisotopic (exact) mass is 365 g/mol. The van der Waals surface area contributed by atoms with Gasteiger partial charge in [0.05, 0.1) is 0 Å². The van der Waals surface area contributed by atoms with Crippen molar-refractivity contribution >= 4 is 33.0 Å². The Bertz CT molecular complexity index is 914. The third-order valence-corrected chi connectivity index (χ3v) is 5.98. The van der Waals surface area contributed by atoms with E-state index in [0.29, 0.717) is 11.6 Å². The van der Waals surface area contributed by atoms with Gasteiger partial charge in [-0.25, -0.2) is 0 Å². The van der Waals surface area contributed by atoms with Crippen LogP contribution in [0.5, 0.6) is 0 Å². The lowest BCUT2D eigenvalue weighted by Gasteiger charge is -2.36. The Balaban J connectivity index is 1.68. The molecular weight excluding hydrogens is 342 g/mol. The number of thiophene rings is 1. The van der Waals surface area contributed by atoms with Gasteiger partial charge in [-0.3, -0.25) is 4.79 Å². The van der Waals surface area contributed by atoms with E-state index in [0.717, 1.165) is 38.0 Å². The Labute approximate surface area is 157 Å². The Morgan fingerprint density at radius 3 is 2.81 bits per heavy atom. The van der Waals surface area contributed by atoms with E-state index in [1.165, 1.54) is 15.8 Å². The minimum absolute atomic E-state index is 0.375. The summed E-state index contributed by atoms with van der Waals surface area (Å²) in [7, 11) is 0. The van der Waals surface area contributed by atoms with Crippen LogP contribution in [-0.4, -0.2) is 25.0 Å². The van der Waals surface area contributed by atoms with E-state index in [9.17, 15) is 4.79 Å². The molecule has 4 nitrogen and oxygen atoms in total. The van der Waals surface area contributed by atoms with Gasteiger partial charge in [0, 0.05) is 28.5 Å². The molecule has 1 fully saturated rings. The van der Waals surface area contributed by atoms with E-state index in [1.807, 2.05) is 12.1 Å². The number of benzene rings is 2. The van der Waals surface area contributed by atoms with Crippen molar-refractivity contribution in [3.63, 3.8) is 0 Å². The Hall–Kier alpha value is -2.37. The molecule has 1 saturated heterocycles. The summed E-state index contributed by atoms with van der Waals surface area (Å²) in [6, 6.07) is 17.1. The highest BCUT2D eigenvalue weighted by Gasteiger charge is 2.22. The number of nitrogens with one attached hydrogen (secondary N) is 1. The molecule has 1 aliphatic rings. The molecule has 3 aromatic rings. The fraction of sp³-hybridized carbons (Fsp3) is 0.286. The van der Waals surface area contributed by atoms with Crippen LogP contribution >= 0.6 is 11.3 Å². The highest BCUT2D eigenvalue weighted by Crippen LogP contribution is 2.30. The SMILES string of the molecule is NC(=O)c1cccc(CN(c2ccc3sccc3c2)C2CCNCC2)c1. The number of piperidine rings is 1. The number of anilines is 1. The molecule has 5 heteroatoms. The minimum atomic E-state index is -0.375. The van der Waals surface area contributed by atoms with Gasteiger partial charge in [0.2, 0.25) is 5.91 Å². The van der Waals surface area contributed by atoms with Crippen LogP contribution in [0.2, 0.25) is 0 Å². The average molecular weight is 366 g/mol. The zero-order chi connectivity index (χ0) is 17.9. The first kappa shape index (κ1) is 17.1. The lowest BCUT2D eigenvalue weighted by atomic mass is 10.0. The molecule has 1 amide bonds. The zero-order valence-electron chi connectivity index (χ0n) is 14.7. The van der Waals surface area contributed by atoms with Crippen LogP contribution < -0.4 is 16.0 Å². The Kier molecular flexibility index (Phi) is 4.91. The van der Waals surface area contributed by atoms with Crippen molar-refractivity contribution in [1.29, 1.82) is 0 Å². The number of hydrogen-bond acceptors (Lipinski definition) is 4. The maximum atomic E-state index is 11.5. The van der Waals surface area contributed by atoms with Gasteiger partial charge in [-0.15, -0.1) is 11.3 Å². The zero-order valence-corrected chi connectivity index (χ0v) is 15.5. The van der Waals surface area contributed by atoms with Crippen molar-refractivity contribution in [3.8, 4) is 0 Å². The number of carbonyl (C=O) groups is 1. The maximum absolute atomic E-state index is 11.5. The lowest BCUT2D eigenvalue weighted by Crippen LogP contribution is -2.43. The van der Waals surface area contributed by atoms with Gasteiger partial charge in [0.1, 0.15) is 0 Å². The standard InChI is InChI=1S/C21H23N3OS/c22-21(25)17-3-1-2-15(12-17)14-24(18-6-9-23-10-7-18)19-4-5-20-16(13-19)8-11-26-20/h1-5,8,11-13,18,23H,6-7,9-10,14H2,(H2,22,25). The molecule has 0 atom stereocenters. The first-order valence-corrected chi connectivity index (χ1v) is 9.92. The summed E-state index contributed by atoms with van der Waals surface area (Å²) < 4.78 is 1.31. The maximum Gasteiger partial charge on any atom is 0.248 e. The molecule has 26 heavy (non-hydrogen) atoms. The largest absolute Gasteiger partial charge is 0.366 e. The molecule has 134 valence electrons. The lowest BCUT2D eigenvalue weighted by molar-refractivity contribution is 0.1000. The average Bonchev–Trinajstić information content (AvgIpc) is 3.15. The summed E-state index contributed by atoms with van der Waals surface area (Å²) in [4.78, 5) is 14.0. The number of nitrogens with two attached hydrogens (primary N) is 1. The number of fused-ring (bicyclic) bond motifs is 1. The van der Waals surface area contributed by atoms with Gasteiger partial charge in [-0.05, 0) is 78.7 Å². The molecule has 0 unspecified atom stereocenters. The third-order valence-electron chi connectivity index (χ3n) is 5.08. The normalized spacial score (nSPS) is 15.2. The molecule has 0 aliphatic carbocycles. The van der Waals surface area contributed by atoms with E-state index >= 15 is 0 Å². The number of nitrogens with zero attached hydrogens (tertiary/aromatic N) is 1. The predicted molar refractivity (Wildman–Crippen MR) is 109 cm³/mol. The molecule has 0 spiro atoms. The topological polar surface area (TPSA) is 58.4 Å². The van der Waals surface area contributed by atoms with E-state index in [4.69, 9.17) is 5.73 Å². The second-order valence-electron chi connectivity index (χ2n) is 6.82. The summed E-state index contributed by atoms with van der Waals surface area (Å²) in [6.45, 7) is 2.87. The number of hydrogen-bond donors (Lipinski definition) is 2. The second-order valence-corrected chi connectivity index (χ2v) is 7.76. The smallest absolute Gasteiger partial charge is 0.248 e. The third kappa shape index (κ3) is 3.59. The summed E-state index contributed by atoms with van der Waals surface area (Å²) >= 11 is 1.77. The van der Waals surface area contributed by atoms with E-state index < -0.39 is 0 Å². The van der Waals surface area contributed by atoms with Crippen molar-refractivity contribution < 1.29 is 4.79 Å². The van der Waals surface area contributed by atoms with Crippen LogP contribution in [0.3, 0.4) is 0 Å². The van der Waals surface area contributed by atoms with Crippen LogP contribution in [0.4, 0.5) is 5.69 Å². The fourth-order valence-electron chi connectivity index (χ4n) is 3.70. The van der Waals surface area contributed by atoms with Crippen molar-refractivity contribution in [3.05, 3.63) is 65.0 Å². The summed E-state index contributed by atoms with van der Waals surface area (Å²) in [5.41, 5.74) is 8.39. The van der Waals surface area contributed by atoms with Gasteiger partial charge in [0.25, 0.3) is 0 Å². The minimum Gasteiger partial charge on any atom is -0.366 e. The van der Waals surface area contributed by atoms with Crippen molar-refractivity contribution in [2.45, 2.75) is 25.4 Å². The van der Waals surface area contributed by atoms with E-state index in [2.05, 4.69) is 45.9 Å². The molecule has 1 aromatic heterocycles. The second kappa shape index (κ2) is 7.48. The quantitative estimate of drug-likeness (QED) is 0.724. The van der Waals surface area contributed by atoms with Gasteiger partial charge < -0.3 is 16.0 Å². The Morgan fingerprint density at radius 1 is 1.15 bits per heavy atom.